The van der Waals surface area contributed by atoms with E-state index in [-0.39, 0.29) is 97.3 Å². The number of anilines is 1. The number of ether oxygens (including phenoxy) is 6. The molecule has 26 nitrogen and oxygen atoms in total. The molecular weight excluding hydrogens is 1090 g/mol. The van der Waals surface area contributed by atoms with Crippen molar-refractivity contribution in [3.8, 4) is 0 Å². The highest BCUT2D eigenvalue weighted by Gasteiger charge is 2.24. The molecule has 0 aliphatic carbocycles. The molecular formula is C52H78Cl2N10O16. The van der Waals surface area contributed by atoms with Gasteiger partial charge in [-0.2, -0.15) is 0 Å². The first-order valence-corrected chi connectivity index (χ1v) is 24.0. The number of ketones is 2. The van der Waals surface area contributed by atoms with E-state index in [4.69, 9.17) is 25.1 Å². The van der Waals surface area contributed by atoms with Crippen LogP contribution in [0.5, 0.6) is 0 Å². The van der Waals surface area contributed by atoms with Gasteiger partial charge < -0.3 is 66.9 Å². The summed E-state index contributed by atoms with van der Waals surface area (Å²) >= 11 is 0. The second-order valence-corrected chi connectivity index (χ2v) is 20.2. The number of nitrogens with two attached hydrogens (primary N) is 1. The average Bonchev–Trinajstić information content (AvgIpc) is 4.12. The van der Waals surface area contributed by atoms with Crippen LogP contribution in [0, 0.1) is 0 Å². The molecule has 80 heavy (non-hydrogen) atoms. The number of Topliss-reactive ketones (excluding diaryl/α,β-unsaturated/α-hetero) is 2. The Morgan fingerprint density at radius 1 is 0.500 bits per heavy atom. The van der Waals surface area contributed by atoms with Gasteiger partial charge in [0.05, 0.1) is 69.8 Å². The normalized spacial score (nSPS) is 10.5. The van der Waals surface area contributed by atoms with Crippen LogP contribution in [0.3, 0.4) is 0 Å². The van der Waals surface area contributed by atoms with Gasteiger partial charge in [0.2, 0.25) is 23.3 Å². The molecule has 5 rings (SSSR count). The maximum absolute atomic E-state index is 12.6. The summed E-state index contributed by atoms with van der Waals surface area (Å²) in [5.41, 5.74) is 6.19. The van der Waals surface area contributed by atoms with E-state index in [0.29, 0.717) is 40.6 Å². The fourth-order valence-electron chi connectivity index (χ4n) is 6.23. The van der Waals surface area contributed by atoms with Crippen molar-refractivity contribution in [2.45, 2.75) is 125 Å². The summed E-state index contributed by atoms with van der Waals surface area (Å²) in [7, 11) is 12.2. The lowest BCUT2D eigenvalue weighted by molar-refractivity contribution is -0.155. The Morgan fingerprint density at radius 3 is 1.11 bits per heavy atom. The van der Waals surface area contributed by atoms with Gasteiger partial charge in [0.25, 0.3) is 0 Å². The summed E-state index contributed by atoms with van der Waals surface area (Å²) in [6.07, 6.45) is 8.81. The number of nitrogen functional groups attached to an aromatic ring is 1. The van der Waals surface area contributed by atoms with Crippen molar-refractivity contribution >= 4 is 84.0 Å². The van der Waals surface area contributed by atoms with Crippen LogP contribution in [0.4, 0.5) is 5.82 Å². The Labute approximate surface area is 477 Å². The Balaban J connectivity index is 0. The molecule has 3 N–H and O–H groups in total. The van der Waals surface area contributed by atoms with Gasteiger partial charge in [0.1, 0.15) is 28.4 Å². The molecule has 28 heteroatoms. The van der Waals surface area contributed by atoms with E-state index in [9.17, 15) is 43.2 Å². The molecule has 0 spiro atoms. The van der Waals surface area contributed by atoms with Gasteiger partial charge in [-0.3, -0.25) is 19.2 Å². The number of halogens is 2. The number of carboxylic acid groups (broad SMARTS) is 1. The Hall–Kier alpha value is -7.87. The van der Waals surface area contributed by atoms with E-state index in [2.05, 4.69) is 34.1 Å². The van der Waals surface area contributed by atoms with Crippen LogP contribution in [0.25, 0.3) is 0 Å². The molecule has 0 atom stereocenters. The molecule has 5 aromatic heterocycles. The average molecular weight is 1170 g/mol. The van der Waals surface area contributed by atoms with E-state index in [1.807, 2.05) is 6.92 Å². The molecule has 0 radical (unpaired) electrons. The van der Waals surface area contributed by atoms with Crippen LogP contribution in [-0.2, 0) is 109 Å². The van der Waals surface area contributed by atoms with E-state index < -0.39 is 46.6 Å². The van der Waals surface area contributed by atoms with E-state index in [1.54, 1.807) is 140 Å². The number of aryl methyl sites for hydroxylation is 5. The number of carbonyl (C=O) groups excluding carboxylic acids is 8. The first-order chi connectivity index (χ1) is 35.8. The number of imidazole rings is 4. The number of aromatic nitrogens is 9. The lowest BCUT2D eigenvalue weighted by atomic mass is 10.1. The minimum absolute atomic E-state index is 0. The number of carboxylic acids is 1. The zero-order valence-electron chi connectivity index (χ0n) is 49.0. The summed E-state index contributed by atoms with van der Waals surface area (Å²) in [5.74, 6) is -3.03. The summed E-state index contributed by atoms with van der Waals surface area (Å²) in [4.78, 5) is 118. The number of hydrogen-bond donors (Lipinski definition) is 2. The third kappa shape index (κ3) is 27.1. The first-order valence-electron chi connectivity index (χ1n) is 24.0. The number of hydrogen-bond acceptors (Lipinski definition) is 20. The largest absolute Gasteiger partial charge is 0.475 e. The molecule has 0 aromatic carbocycles. The Morgan fingerprint density at radius 2 is 0.812 bits per heavy atom. The second kappa shape index (κ2) is 32.9. The smallest absolute Gasteiger partial charge is 0.374 e. The molecule has 0 saturated heterocycles. The third-order valence-corrected chi connectivity index (χ3v) is 9.42. The van der Waals surface area contributed by atoms with Crippen molar-refractivity contribution in [3.05, 3.63) is 88.7 Å². The monoisotopic (exact) mass is 1170 g/mol. The SMILES string of the molecule is CCC(C)=O.COC(=O)c1nc(CC(=O)OC(C)(C)C)cn1C.COC(=O)c1nc(CC(=O)c2cc(CC(=O)OC(C)(C)C)cn2C)cn1C.COC(=O)c1nc(N)cn1C.Cl.Cl.Cn1cc(CC(=O)OC(C)(C)C)nc1C(=O)O. The predicted octanol–water partition coefficient (Wildman–Crippen LogP) is 5.57. The van der Waals surface area contributed by atoms with Gasteiger partial charge in [-0.1, -0.05) is 6.92 Å². The summed E-state index contributed by atoms with van der Waals surface area (Å²) in [6, 6.07) is 1.68. The molecule has 0 aliphatic rings. The van der Waals surface area contributed by atoms with Crippen molar-refractivity contribution in [1.82, 2.24) is 42.8 Å². The lowest BCUT2D eigenvalue weighted by Gasteiger charge is -2.19. The van der Waals surface area contributed by atoms with Crippen LogP contribution in [0.1, 0.15) is 158 Å². The second-order valence-electron chi connectivity index (χ2n) is 20.2. The van der Waals surface area contributed by atoms with Crippen LogP contribution in [0.2, 0.25) is 0 Å². The molecule has 0 bridgehead atoms. The molecule has 446 valence electrons. The molecule has 0 fully saturated rings. The van der Waals surface area contributed by atoms with Gasteiger partial charge in [-0.05, 0) is 80.9 Å². The van der Waals surface area contributed by atoms with Crippen molar-refractivity contribution in [3.63, 3.8) is 0 Å². The van der Waals surface area contributed by atoms with Crippen molar-refractivity contribution in [2.24, 2.45) is 35.2 Å². The standard InChI is InChI=1S/C19H25N3O5.C12H18N2O4.C11H16N2O4.C6H9N3O2.C4H8O.2ClH/c1-19(2,3)27-16(24)8-12-7-14(21(4)10-12)15(23)9-13-11-22(5)17(20-13)18(25)26-6;1-12(2,3)18-9(15)6-8-7-14(4)10(13-8)11(16)17-5;1-11(2,3)17-8(14)5-7-6-13(4)9(12-7)10(15)16;1-9-3-4(7)8-5(9)6(10)11-2;1-3-4(2)5;;/h7,10-11H,8-9H2,1-6H3;7H,6H2,1-5H3;6H,5H2,1-4H3,(H,15,16);3H,7H2,1-2H3;3H2,1-2H3;2*1H. The summed E-state index contributed by atoms with van der Waals surface area (Å²) in [6.45, 7) is 19.5. The van der Waals surface area contributed by atoms with E-state index >= 15 is 0 Å². The number of nitrogens with zero attached hydrogens (tertiary/aromatic N) is 9. The molecule has 0 unspecified atom stereocenters. The van der Waals surface area contributed by atoms with Gasteiger partial charge in [0.15, 0.2) is 5.78 Å². The zero-order valence-corrected chi connectivity index (χ0v) is 50.6. The summed E-state index contributed by atoms with van der Waals surface area (Å²) in [5, 5.41) is 8.80. The third-order valence-electron chi connectivity index (χ3n) is 9.42. The molecule has 0 aliphatic heterocycles. The van der Waals surface area contributed by atoms with E-state index in [0.717, 1.165) is 0 Å². The van der Waals surface area contributed by atoms with Crippen LogP contribution >= 0.6 is 24.8 Å². The number of methoxy groups -OCH3 is 3. The Kier molecular flexibility index (Phi) is 30.5. The van der Waals surface area contributed by atoms with Crippen molar-refractivity contribution in [2.75, 3.05) is 27.1 Å². The van der Waals surface area contributed by atoms with E-state index in [1.165, 1.54) is 45.8 Å². The van der Waals surface area contributed by atoms with Gasteiger partial charge in [-0.25, -0.2) is 39.1 Å². The quantitative estimate of drug-likeness (QED) is 0.0780. The fourth-order valence-corrected chi connectivity index (χ4v) is 6.23. The topological polar surface area (TPSA) is 331 Å². The molecule has 5 aromatic rings. The first kappa shape index (κ1) is 74.2. The molecule has 5 heterocycles. The number of carbonyl (C=O) groups is 9. The van der Waals surface area contributed by atoms with Crippen LogP contribution in [0.15, 0.2) is 37.1 Å². The maximum Gasteiger partial charge on any atom is 0.374 e. The van der Waals surface area contributed by atoms with Crippen LogP contribution < -0.4 is 5.73 Å². The highest BCUT2D eigenvalue weighted by Crippen LogP contribution is 2.16. The summed E-state index contributed by atoms with van der Waals surface area (Å²) < 4.78 is 36.9. The molecule has 0 amide bonds. The van der Waals surface area contributed by atoms with Crippen molar-refractivity contribution < 1.29 is 76.7 Å². The van der Waals surface area contributed by atoms with Gasteiger partial charge in [0, 0.05) is 72.6 Å². The fraction of sp³-hybridized carbons (Fsp3) is 0.519. The Bertz CT molecular complexity index is 2910. The maximum atomic E-state index is 12.6. The van der Waals surface area contributed by atoms with Crippen molar-refractivity contribution in [1.29, 1.82) is 0 Å². The zero-order chi connectivity index (χ0) is 60.2. The van der Waals surface area contributed by atoms with Gasteiger partial charge >= 0.3 is 41.8 Å². The number of aromatic carboxylic acids is 1. The predicted molar refractivity (Wildman–Crippen MR) is 296 cm³/mol. The molecule has 0 saturated carbocycles. The minimum atomic E-state index is -1.12. The highest BCUT2D eigenvalue weighted by atomic mass is 35.5. The highest BCUT2D eigenvalue weighted by molar-refractivity contribution is 5.96. The number of esters is 6. The minimum Gasteiger partial charge on any atom is -0.475 e. The van der Waals surface area contributed by atoms with Crippen LogP contribution in [-0.4, -0.2) is 139 Å². The number of rotatable bonds is 14. The van der Waals surface area contributed by atoms with Gasteiger partial charge in [-0.15, -0.1) is 24.8 Å². The lowest BCUT2D eigenvalue weighted by Crippen LogP contribution is -2.25.